The van der Waals surface area contributed by atoms with E-state index in [-0.39, 0.29) is 5.91 Å². The first-order valence-corrected chi connectivity index (χ1v) is 10.7. The van der Waals surface area contributed by atoms with Gasteiger partial charge in [0.1, 0.15) is 9.71 Å². The van der Waals surface area contributed by atoms with Crippen LogP contribution in [0.1, 0.15) is 32.1 Å². The zero-order valence-electron chi connectivity index (χ0n) is 16.9. The van der Waals surface area contributed by atoms with Gasteiger partial charge in [0.2, 0.25) is 0 Å². The first-order chi connectivity index (χ1) is 14.3. The predicted molar refractivity (Wildman–Crippen MR) is 124 cm³/mol. The summed E-state index contributed by atoms with van der Waals surface area (Å²) in [5.41, 5.74) is 12.7. The highest BCUT2D eigenvalue weighted by Gasteiger charge is 2.19. The number of carbonyl (C=O) groups excluding carboxylic acids is 1. The van der Waals surface area contributed by atoms with E-state index >= 15 is 0 Å². The van der Waals surface area contributed by atoms with Gasteiger partial charge in [0.05, 0.1) is 11.4 Å². The van der Waals surface area contributed by atoms with Crippen LogP contribution in [0.4, 0.5) is 5.69 Å². The molecule has 5 nitrogen and oxygen atoms in total. The lowest BCUT2D eigenvalue weighted by atomic mass is 10.0. The fraction of sp³-hybridized carbons (Fsp3) is 0.174. The van der Waals surface area contributed by atoms with Crippen LogP contribution in [0.15, 0.2) is 42.5 Å². The number of rotatable bonds is 4. The number of anilines is 1. The number of nitrogens with zero attached hydrogens (tertiary/aromatic N) is 2. The van der Waals surface area contributed by atoms with Crippen molar-refractivity contribution in [3.8, 4) is 11.1 Å². The zero-order chi connectivity index (χ0) is 21.4. The van der Waals surface area contributed by atoms with Crippen LogP contribution in [0.5, 0.6) is 0 Å². The largest absolute Gasteiger partial charge is 0.397 e. The first-order valence-electron chi connectivity index (χ1n) is 9.50. The minimum Gasteiger partial charge on any atom is -0.397 e. The Labute approximate surface area is 183 Å². The number of aryl methyl sites for hydroxylation is 3. The lowest BCUT2D eigenvalue weighted by Crippen LogP contribution is -2.22. The smallest absolute Gasteiger partial charge is 0.263 e. The molecule has 0 bridgehead atoms. The molecular formula is C23H21ClN4OS. The minimum absolute atomic E-state index is 0.210. The summed E-state index contributed by atoms with van der Waals surface area (Å²) in [5, 5.41) is 12.8. The summed E-state index contributed by atoms with van der Waals surface area (Å²) < 4.78 is 0. The van der Waals surface area contributed by atoms with E-state index in [2.05, 4.69) is 21.6 Å². The van der Waals surface area contributed by atoms with Crippen LogP contribution in [-0.2, 0) is 6.54 Å². The molecule has 1 amide bonds. The molecule has 0 spiro atoms. The van der Waals surface area contributed by atoms with E-state index in [0.717, 1.165) is 43.9 Å². The average Bonchev–Trinajstić information content (AvgIpc) is 3.08. The number of benzene rings is 2. The second kappa shape index (κ2) is 8.05. The van der Waals surface area contributed by atoms with Gasteiger partial charge in [-0.2, -0.15) is 5.10 Å². The first kappa shape index (κ1) is 20.3. The van der Waals surface area contributed by atoms with Crippen molar-refractivity contribution in [2.75, 3.05) is 5.73 Å². The number of nitrogen functional groups attached to an aromatic ring is 1. The number of thiophene rings is 1. The number of nitrogens with two attached hydrogens (primary N) is 1. The summed E-state index contributed by atoms with van der Waals surface area (Å²) in [4.78, 5) is 13.9. The van der Waals surface area contributed by atoms with E-state index in [1.807, 2.05) is 57.2 Å². The Kier molecular flexibility index (Phi) is 5.45. The molecule has 7 heteroatoms. The molecule has 0 saturated heterocycles. The summed E-state index contributed by atoms with van der Waals surface area (Å²) in [5.74, 6) is -0.210. The number of aromatic nitrogens is 2. The van der Waals surface area contributed by atoms with Gasteiger partial charge >= 0.3 is 0 Å². The molecule has 152 valence electrons. The number of amides is 1. The number of fused-ring (bicyclic) bond motifs is 1. The van der Waals surface area contributed by atoms with Gasteiger partial charge in [-0.15, -0.1) is 16.4 Å². The van der Waals surface area contributed by atoms with Crippen molar-refractivity contribution in [1.82, 2.24) is 15.5 Å². The van der Waals surface area contributed by atoms with E-state index < -0.39 is 0 Å². The summed E-state index contributed by atoms with van der Waals surface area (Å²) in [6.07, 6.45) is 0. The minimum atomic E-state index is -0.210. The topological polar surface area (TPSA) is 80.9 Å². The van der Waals surface area contributed by atoms with Gasteiger partial charge in [-0.3, -0.25) is 4.79 Å². The van der Waals surface area contributed by atoms with Crippen molar-refractivity contribution >= 4 is 44.7 Å². The van der Waals surface area contributed by atoms with Crippen molar-refractivity contribution in [1.29, 1.82) is 0 Å². The highest BCUT2D eigenvalue weighted by molar-refractivity contribution is 7.21. The van der Waals surface area contributed by atoms with Crippen LogP contribution >= 0.6 is 22.9 Å². The maximum absolute atomic E-state index is 12.7. The molecule has 2 heterocycles. The lowest BCUT2D eigenvalue weighted by Gasteiger charge is -2.08. The van der Waals surface area contributed by atoms with Crippen LogP contribution < -0.4 is 11.1 Å². The normalized spacial score (nSPS) is 11.1. The third-order valence-corrected chi connectivity index (χ3v) is 6.60. The zero-order valence-corrected chi connectivity index (χ0v) is 18.5. The van der Waals surface area contributed by atoms with Crippen LogP contribution in [0.25, 0.3) is 21.3 Å². The second-order valence-electron chi connectivity index (χ2n) is 7.30. The molecule has 0 aliphatic rings. The van der Waals surface area contributed by atoms with Crippen molar-refractivity contribution in [3.63, 3.8) is 0 Å². The Hall–Kier alpha value is -2.96. The summed E-state index contributed by atoms with van der Waals surface area (Å²) in [6, 6.07) is 14.0. The third-order valence-electron chi connectivity index (χ3n) is 5.18. The molecule has 0 unspecified atom stereocenters. The Morgan fingerprint density at radius 2 is 1.83 bits per heavy atom. The Morgan fingerprint density at radius 3 is 2.57 bits per heavy atom. The van der Waals surface area contributed by atoms with E-state index in [9.17, 15) is 4.79 Å². The SMILES string of the molecule is Cc1ccc(Cl)c(-c2ccc(CNC(=O)c3sc4nnc(C)c(C)c4c3N)cc2)c1. The van der Waals surface area contributed by atoms with Crippen LogP contribution in [0, 0.1) is 20.8 Å². The van der Waals surface area contributed by atoms with Gasteiger partial charge in [-0.25, -0.2) is 0 Å². The molecule has 0 aliphatic heterocycles. The van der Waals surface area contributed by atoms with E-state index in [1.54, 1.807) is 0 Å². The predicted octanol–water partition coefficient (Wildman–Crippen LogP) is 5.45. The maximum Gasteiger partial charge on any atom is 0.263 e. The Bertz CT molecular complexity index is 1260. The standard InChI is InChI=1S/C23H21ClN4OS/c1-12-4-9-18(24)17(10-12)16-7-5-15(6-8-16)11-26-22(29)21-20(25)19-13(2)14(3)27-28-23(19)30-21/h4-10H,11,25H2,1-3H3,(H,26,29). The summed E-state index contributed by atoms with van der Waals surface area (Å²) >= 11 is 7.60. The van der Waals surface area contributed by atoms with E-state index in [0.29, 0.717) is 21.9 Å². The van der Waals surface area contributed by atoms with Crippen LogP contribution in [0.2, 0.25) is 5.02 Å². The highest BCUT2D eigenvalue weighted by Crippen LogP contribution is 2.35. The third kappa shape index (κ3) is 3.76. The molecule has 3 N–H and O–H groups in total. The van der Waals surface area contributed by atoms with E-state index in [4.69, 9.17) is 17.3 Å². The molecule has 2 aromatic heterocycles. The second-order valence-corrected chi connectivity index (χ2v) is 8.70. The van der Waals surface area contributed by atoms with E-state index in [1.165, 1.54) is 11.3 Å². The molecule has 0 radical (unpaired) electrons. The van der Waals surface area contributed by atoms with Gasteiger partial charge in [-0.1, -0.05) is 47.5 Å². The summed E-state index contributed by atoms with van der Waals surface area (Å²) in [6.45, 7) is 6.27. The average molecular weight is 437 g/mol. The summed E-state index contributed by atoms with van der Waals surface area (Å²) in [7, 11) is 0. The van der Waals surface area contributed by atoms with Crippen molar-refractivity contribution in [3.05, 3.63) is 74.7 Å². The quantitative estimate of drug-likeness (QED) is 0.445. The van der Waals surface area contributed by atoms with Crippen molar-refractivity contribution < 1.29 is 4.79 Å². The number of hydrogen-bond acceptors (Lipinski definition) is 5. The molecule has 4 rings (SSSR count). The molecule has 30 heavy (non-hydrogen) atoms. The number of hydrogen-bond donors (Lipinski definition) is 2. The monoisotopic (exact) mass is 436 g/mol. The Morgan fingerprint density at radius 1 is 1.10 bits per heavy atom. The highest BCUT2D eigenvalue weighted by atomic mass is 35.5. The molecule has 0 fully saturated rings. The molecule has 0 atom stereocenters. The van der Waals surface area contributed by atoms with Gasteiger partial charge < -0.3 is 11.1 Å². The molecule has 4 aromatic rings. The van der Waals surface area contributed by atoms with Crippen molar-refractivity contribution in [2.24, 2.45) is 0 Å². The molecule has 0 aliphatic carbocycles. The van der Waals surface area contributed by atoms with Gasteiger partial charge in [0, 0.05) is 22.5 Å². The van der Waals surface area contributed by atoms with Crippen LogP contribution in [-0.4, -0.2) is 16.1 Å². The van der Waals surface area contributed by atoms with Crippen LogP contribution in [0.3, 0.4) is 0 Å². The maximum atomic E-state index is 12.7. The van der Waals surface area contributed by atoms with Gasteiger partial charge in [0.25, 0.3) is 5.91 Å². The van der Waals surface area contributed by atoms with Gasteiger partial charge in [-0.05, 0) is 49.6 Å². The van der Waals surface area contributed by atoms with Gasteiger partial charge in [0.15, 0.2) is 0 Å². The molecule has 2 aromatic carbocycles. The molecule has 0 saturated carbocycles. The lowest BCUT2D eigenvalue weighted by molar-refractivity contribution is 0.0956. The fourth-order valence-electron chi connectivity index (χ4n) is 3.33. The number of halogens is 1. The fourth-order valence-corrected chi connectivity index (χ4v) is 4.58. The molecular weight excluding hydrogens is 416 g/mol. The van der Waals surface area contributed by atoms with Crippen molar-refractivity contribution in [2.45, 2.75) is 27.3 Å². The number of carbonyl (C=O) groups is 1. The Balaban J connectivity index is 1.51. The number of nitrogens with one attached hydrogen (secondary N) is 1.